The number of nitrogens with one attached hydrogen (secondary N) is 1. The van der Waals surface area contributed by atoms with Crippen LogP contribution in [0.2, 0.25) is 0 Å². The molecule has 0 amide bonds. The van der Waals surface area contributed by atoms with Gasteiger partial charge in [0.1, 0.15) is 5.75 Å². The van der Waals surface area contributed by atoms with Crippen molar-refractivity contribution in [3.63, 3.8) is 0 Å². The standard InChI is InChI=1S/C10H13N3O/c1-6(11)10-8-4-3-7(14-2)5-9(8)12-13-10/h3-6H,11H2,1-2H3,(H,12,13). The number of methoxy groups -OCH3 is 1. The van der Waals surface area contributed by atoms with Crippen LogP contribution in [0.25, 0.3) is 10.9 Å². The summed E-state index contributed by atoms with van der Waals surface area (Å²) in [4.78, 5) is 0. The van der Waals surface area contributed by atoms with Crippen molar-refractivity contribution >= 4 is 10.9 Å². The molecular formula is C10H13N3O. The molecule has 4 heteroatoms. The van der Waals surface area contributed by atoms with Crippen LogP contribution in [0.5, 0.6) is 5.75 Å². The van der Waals surface area contributed by atoms with Crippen LogP contribution < -0.4 is 10.5 Å². The molecule has 2 rings (SSSR count). The van der Waals surface area contributed by atoms with Gasteiger partial charge in [-0.05, 0) is 19.1 Å². The third-order valence-electron chi connectivity index (χ3n) is 2.25. The lowest BCUT2D eigenvalue weighted by molar-refractivity contribution is 0.415. The lowest BCUT2D eigenvalue weighted by atomic mass is 10.1. The Balaban J connectivity index is 2.59. The van der Waals surface area contributed by atoms with Crippen LogP contribution in [0, 0.1) is 0 Å². The van der Waals surface area contributed by atoms with E-state index in [2.05, 4.69) is 10.2 Å². The molecule has 1 atom stereocenters. The fourth-order valence-corrected chi connectivity index (χ4v) is 1.49. The predicted molar refractivity (Wildman–Crippen MR) is 55.2 cm³/mol. The second-order valence-corrected chi connectivity index (χ2v) is 3.31. The lowest BCUT2D eigenvalue weighted by Crippen LogP contribution is -2.05. The smallest absolute Gasteiger partial charge is 0.121 e. The maximum Gasteiger partial charge on any atom is 0.121 e. The minimum absolute atomic E-state index is 0.0339. The van der Waals surface area contributed by atoms with E-state index in [0.717, 1.165) is 22.3 Å². The van der Waals surface area contributed by atoms with E-state index in [9.17, 15) is 0 Å². The monoisotopic (exact) mass is 191 g/mol. The zero-order valence-electron chi connectivity index (χ0n) is 8.24. The second kappa shape index (κ2) is 3.31. The molecule has 0 fully saturated rings. The van der Waals surface area contributed by atoms with Crippen LogP contribution in [0.1, 0.15) is 18.7 Å². The Morgan fingerprint density at radius 3 is 2.93 bits per heavy atom. The summed E-state index contributed by atoms with van der Waals surface area (Å²) in [6.45, 7) is 1.93. The molecule has 0 saturated heterocycles. The van der Waals surface area contributed by atoms with Gasteiger partial charge >= 0.3 is 0 Å². The zero-order valence-corrected chi connectivity index (χ0v) is 8.24. The number of hydrogen-bond acceptors (Lipinski definition) is 3. The van der Waals surface area contributed by atoms with Crippen molar-refractivity contribution in [2.75, 3.05) is 7.11 Å². The number of ether oxygens (including phenoxy) is 1. The van der Waals surface area contributed by atoms with Gasteiger partial charge in [0.2, 0.25) is 0 Å². The van der Waals surface area contributed by atoms with Gasteiger partial charge in [0.15, 0.2) is 0 Å². The highest BCUT2D eigenvalue weighted by atomic mass is 16.5. The highest BCUT2D eigenvalue weighted by Gasteiger charge is 2.08. The molecule has 0 aliphatic carbocycles. The highest BCUT2D eigenvalue weighted by molar-refractivity contribution is 5.83. The van der Waals surface area contributed by atoms with E-state index in [1.165, 1.54) is 0 Å². The quantitative estimate of drug-likeness (QED) is 0.757. The molecule has 3 N–H and O–H groups in total. The van der Waals surface area contributed by atoms with Crippen LogP contribution in [0.15, 0.2) is 18.2 Å². The Morgan fingerprint density at radius 1 is 1.50 bits per heavy atom. The number of aromatic amines is 1. The number of nitrogens with zero attached hydrogens (tertiary/aromatic N) is 1. The molecule has 74 valence electrons. The third-order valence-corrected chi connectivity index (χ3v) is 2.25. The number of H-pyrrole nitrogens is 1. The van der Waals surface area contributed by atoms with Crippen LogP contribution >= 0.6 is 0 Å². The van der Waals surface area contributed by atoms with Gasteiger partial charge in [-0.2, -0.15) is 5.10 Å². The molecule has 0 spiro atoms. The van der Waals surface area contributed by atoms with E-state index < -0.39 is 0 Å². The van der Waals surface area contributed by atoms with Gasteiger partial charge in [-0.15, -0.1) is 0 Å². The van der Waals surface area contributed by atoms with Gasteiger partial charge in [0, 0.05) is 17.5 Å². The molecule has 1 heterocycles. The Hall–Kier alpha value is -1.55. The fourth-order valence-electron chi connectivity index (χ4n) is 1.49. The van der Waals surface area contributed by atoms with Crippen molar-refractivity contribution < 1.29 is 4.74 Å². The number of rotatable bonds is 2. The molecule has 0 aliphatic heterocycles. The van der Waals surface area contributed by atoms with Crippen LogP contribution in [-0.4, -0.2) is 17.3 Å². The van der Waals surface area contributed by atoms with E-state index in [0.29, 0.717) is 0 Å². The van der Waals surface area contributed by atoms with E-state index in [1.54, 1.807) is 7.11 Å². The van der Waals surface area contributed by atoms with E-state index in [1.807, 2.05) is 25.1 Å². The van der Waals surface area contributed by atoms with Crippen molar-refractivity contribution in [2.24, 2.45) is 5.73 Å². The molecule has 0 saturated carbocycles. The fraction of sp³-hybridized carbons (Fsp3) is 0.300. The average molecular weight is 191 g/mol. The third kappa shape index (κ3) is 1.33. The van der Waals surface area contributed by atoms with Crippen molar-refractivity contribution in [1.29, 1.82) is 0 Å². The van der Waals surface area contributed by atoms with Gasteiger partial charge < -0.3 is 10.5 Å². The summed E-state index contributed by atoms with van der Waals surface area (Å²) in [7, 11) is 1.64. The Kier molecular flexibility index (Phi) is 2.13. The van der Waals surface area contributed by atoms with Gasteiger partial charge in [0.05, 0.1) is 18.3 Å². The van der Waals surface area contributed by atoms with Gasteiger partial charge in [-0.3, -0.25) is 5.10 Å². The minimum Gasteiger partial charge on any atom is -0.497 e. The number of nitrogens with two attached hydrogens (primary N) is 1. The number of hydrogen-bond donors (Lipinski definition) is 2. The molecular weight excluding hydrogens is 178 g/mol. The summed E-state index contributed by atoms with van der Waals surface area (Å²) in [6, 6.07) is 5.73. The Labute approximate surface area is 82.1 Å². The molecule has 0 aliphatic rings. The van der Waals surface area contributed by atoms with Crippen molar-refractivity contribution in [2.45, 2.75) is 13.0 Å². The molecule has 2 aromatic rings. The first-order chi connectivity index (χ1) is 6.72. The summed E-state index contributed by atoms with van der Waals surface area (Å²) in [5.41, 5.74) is 7.64. The first-order valence-electron chi connectivity index (χ1n) is 4.50. The Morgan fingerprint density at radius 2 is 2.29 bits per heavy atom. The van der Waals surface area contributed by atoms with Crippen molar-refractivity contribution in [3.05, 3.63) is 23.9 Å². The summed E-state index contributed by atoms with van der Waals surface area (Å²) >= 11 is 0. The van der Waals surface area contributed by atoms with Gasteiger partial charge in [-0.25, -0.2) is 0 Å². The summed E-state index contributed by atoms with van der Waals surface area (Å²) < 4.78 is 5.11. The molecule has 0 radical (unpaired) electrons. The van der Waals surface area contributed by atoms with E-state index in [-0.39, 0.29) is 6.04 Å². The normalized spacial score (nSPS) is 13.1. The first kappa shape index (κ1) is 9.02. The maximum absolute atomic E-state index is 5.79. The molecule has 0 bridgehead atoms. The molecule has 1 aromatic carbocycles. The average Bonchev–Trinajstić information content (AvgIpc) is 2.59. The van der Waals surface area contributed by atoms with Crippen LogP contribution in [0.4, 0.5) is 0 Å². The first-order valence-corrected chi connectivity index (χ1v) is 4.50. The number of aromatic nitrogens is 2. The predicted octanol–water partition coefficient (Wildman–Crippen LogP) is 1.59. The largest absolute Gasteiger partial charge is 0.497 e. The SMILES string of the molecule is COc1ccc2c(C(C)N)[nH]nc2c1. The van der Waals surface area contributed by atoms with Gasteiger partial charge in [0.25, 0.3) is 0 Å². The van der Waals surface area contributed by atoms with Gasteiger partial charge in [-0.1, -0.05) is 0 Å². The van der Waals surface area contributed by atoms with Crippen molar-refractivity contribution in [3.8, 4) is 5.75 Å². The van der Waals surface area contributed by atoms with Crippen LogP contribution in [0.3, 0.4) is 0 Å². The lowest BCUT2D eigenvalue weighted by Gasteiger charge is -2.02. The maximum atomic E-state index is 5.79. The number of benzene rings is 1. The van der Waals surface area contributed by atoms with Crippen molar-refractivity contribution in [1.82, 2.24) is 10.2 Å². The minimum atomic E-state index is -0.0339. The topological polar surface area (TPSA) is 63.9 Å². The van der Waals surface area contributed by atoms with E-state index >= 15 is 0 Å². The summed E-state index contributed by atoms with van der Waals surface area (Å²) in [5, 5.41) is 8.15. The second-order valence-electron chi connectivity index (χ2n) is 3.31. The highest BCUT2D eigenvalue weighted by Crippen LogP contribution is 2.23. The molecule has 14 heavy (non-hydrogen) atoms. The zero-order chi connectivity index (χ0) is 10.1. The Bertz CT molecular complexity index is 448. The molecule has 1 unspecified atom stereocenters. The van der Waals surface area contributed by atoms with Crippen LogP contribution in [-0.2, 0) is 0 Å². The molecule has 4 nitrogen and oxygen atoms in total. The number of fused-ring (bicyclic) bond motifs is 1. The molecule has 1 aromatic heterocycles. The summed E-state index contributed by atoms with van der Waals surface area (Å²) in [5.74, 6) is 0.806. The van der Waals surface area contributed by atoms with E-state index in [4.69, 9.17) is 10.5 Å². The summed E-state index contributed by atoms with van der Waals surface area (Å²) in [6.07, 6.45) is 0.